The molecule has 3 aromatic rings. The zero-order chi connectivity index (χ0) is 16.2. The van der Waals surface area contributed by atoms with Crippen molar-refractivity contribution in [3.05, 3.63) is 71.6 Å². The molecule has 0 radical (unpaired) electrons. The first-order chi connectivity index (χ1) is 11.1. The lowest BCUT2D eigenvalue weighted by Gasteiger charge is -2.04. The minimum atomic E-state index is -0.557. The van der Waals surface area contributed by atoms with Gasteiger partial charge in [0.05, 0.1) is 0 Å². The normalized spacial score (nSPS) is 11.2. The van der Waals surface area contributed by atoms with Gasteiger partial charge in [0.1, 0.15) is 17.3 Å². The van der Waals surface area contributed by atoms with E-state index in [0.717, 1.165) is 34.8 Å². The molecule has 1 amide bonds. The third-order valence-corrected chi connectivity index (χ3v) is 3.36. The summed E-state index contributed by atoms with van der Waals surface area (Å²) in [5, 5.41) is 3.42. The topological polar surface area (TPSA) is 57.8 Å². The Bertz CT molecular complexity index is 886. The number of rotatable bonds is 4. The summed E-state index contributed by atoms with van der Waals surface area (Å²) in [6, 6.07) is 6.82. The maximum absolute atomic E-state index is 13.5. The summed E-state index contributed by atoms with van der Waals surface area (Å²) < 4.78 is 26.5. The van der Waals surface area contributed by atoms with E-state index in [2.05, 4.69) is 15.3 Å². The fraction of sp³-hybridized carbons (Fsp3) is 0.0588. The maximum atomic E-state index is 13.5. The Hall–Kier alpha value is -3.02. The highest BCUT2D eigenvalue weighted by molar-refractivity contribution is 5.95. The number of amides is 1. The van der Waals surface area contributed by atoms with E-state index in [1.165, 1.54) is 6.08 Å². The molecule has 4 nitrogen and oxygen atoms in total. The lowest BCUT2D eigenvalue weighted by Crippen LogP contribution is -2.21. The average molecular weight is 313 g/mol. The van der Waals surface area contributed by atoms with Crippen LogP contribution >= 0.6 is 0 Å². The van der Waals surface area contributed by atoms with Gasteiger partial charge < -0.3 is 10.3 Å². The van der Waals surface area contributed by atoms with E-state index in [-0.39, 0.29) is 12.1 Å². The van der Waals surface area contributed by atoms with Crippen molar-refractivity contribution in [3.8, 4) is 0 Å². The first-order valence-electron chi connectivity index (χ1n) is 6.95. The van der Waals surface area contributed by atoms with Gasteiger partial charge in [-0.25, -0.2) is 13.8 Å². The van der Waals surface area contributed by atoms with Gasteiger partial charge in [-0.2, -0.15) is 0 Å². The molecule has 0 aliphatic carbocycles. The quantitative estimate of drug-likeness (QED) is 0.727. The number of carbonyl (C=O) groups is 1. The van der Waals surface area contributed by atoms with Gasteiger partial charge in [0, 0.05) is 41.5 Å². The molecule has 3 rings (SSSR count). The number of aromatic amines is 1. The number of pyridine rings is 1. The van der Waals surface area contributed by atoms with Gasteiger partial charge in [-0.05, 0) is 36.4 Å². The van der Waals surface area contributed by atoms with Crippen molar-refractivity contribution < 1.29 is 13.6 Å². The van der Waals surface area contributed by atoms with Crippen LogP contribution in [0, 0.1) is 11.6 Å². The molecular weight excluding hydrogens is 300 g/mol. The van der Waals surface area contributed by atoms with Crippen molar-refractivity contribution in [1.82, 2.24) is 15.3 Å². The Morgan fingerprint density at radius 2 is 2.17 bits per heavy atom. The van der Waals surface area contributed by atoms with Crippen molar-refractivity contribution in [2.75, 3.05) is 0 Å². The zero-order valence-corrected chi connectivity index (χ0v) is 12.0. The van der Waals surface area contributed by atoms with Crippen molar-refractivity contribution in [2.45, 2.75) is 6.54 Å². The Morgan fingerprint density at radius 3 is 3.04 bits per heavy atom. The molecule has 0 fully saturated rings. The van der Waals surface area contributed by atoms with E-state index < -0.39 is 17.5 Å². The van der Waals surface area contributed by atoms with Crippen molar-refractivity contribution in [2.24, 2.45) is 0 Å². The summed E-state index contributed by atoms with van der Waals surface area (Å²) in [7, 11) is 0. The number of H-pyrrole nitrogens is 1. The van der Waals surface area contributed by atoms with E-state index >= 15 is 0 Å². The first-order valence-corrected chi connectivity index (χ1v) is 6.95. The smallest absolute Gasteiger partial charge is 0.244 e. The van der Waals surface area contributed by atoms with E-state index in [4.69, 9.17) is 0 Å². The number of benzene rings is 1. The molecule has 0 atom stereocenters. The maximum Gasteiger partial charge on any atom is 0.244 e. The summed E-state index contributed by atoms with van der Waals surface area (Å²) >= 11 is 0. The number of halogens is 2. The molecule has 6 heteroatoms. The number of fused-ring (bicyclic) bond motifs is 1. The summed E-state index contributed by atoms with van der Waals surface area (Å²) in [6.45, 7) is -0.0811. The zero-order valence-electron chi connectivity index (χ0n) is 12.0. The summed E-state index contributed by atoms with van der Waals surface area (Å²) in [5.41, 5.74) is 1.65. The minimum Gasteiger partial charge on any atom is -0.348 e. The molecule has 2 aromatic heterocycles. The van der Waals surface area contributed by atoms with Gasteiger partial charge in [-0.3, -0.25) is 4.79 Å². The van der Waals surface area contributed by atoms with Crippen LogP contribution in [0.1, 0.15) is 11.1 Å². The molecule has 0 saturated heterocycles. The second-order valence-corrected chi connectivity index (χ2v) is 4.93. The number of nitrogens with one attached hydrogen (secondary N) is 2. The van der Waals surface area contributed by atoms with Crippen LogP contribution in [0.2, 0.25) is 0 Å². The highest BCUT2D eigenvalue weighted by Crippen LogP contribution is 2.16. The third kappa shape index (κ3) is 3.42. The van der Waals surface area contributed by atoms with Crippen LogP contribution < -0.4 is 5.32 Å². The predicted octanol–water partition coefficient (Wildman–Crippen LogP) is 3.17. The molecule has 0 spiro atoms. The SMILES string of the molecule is O=C(/C=C/c1c[nH]c2ncccc12)NCc1cc(F)ccc1F. The third-order valence-electron chi connectivity index (χ3n) is 3.36. The van der Waals surface area contributed by atoms with Crippen LogP contribution in [-0.4, -0.2) is 15.9 Å². The number of nitrogens with zero attached hydrogens (tertiary/aromatic N) is 1. The Labute approximate surface area is 130 Å². The molecule has 0 bridgehead atoms. The predicted molar refractivity (Wildman–Crippen MR) is 83.3 cm³/mol. The summed E-state index contributed by atoms with van der Waals surface area (Å²) in [5.74, 6) is -1.50. The highest BCUT2D eigenvalue weighted by Gasteiger charge is 2.05. The Morgan fingerprint density at radius 1 is 1.30 bits per heavy atom. The van der Waals surface area contributed by atoms with Crippen molar-refractivity contribution >= 4 is 23.0 Å². The molecule has 2 N–H and O–H groups in total. The number of carbonyl (C=O) groups excluding carboxylic acids is 1. The fourth-order valence-electron chi connectivity index (χ4n) is 2.20. The van der Waals surface area contributed by atoms with Crippen LogP contribution in [-0.2, 0) is 11.3 Å². The van der Waals surface area contributed by atoms with Gasteiger partial charge in [-0.15, -0.1) is 0 Å². The van der Waals surface area contributed by atoms with E-state index in [1.54, 1.807) is 24.5 Å². The van der Waals surface area contributed by atoms with E-state index in [0.29, 0.717) is 0 Å². The molecule has 1 aromatic carbocycles. The number of hydrogen-bond acceptors (Lipinski definition) is 2. The van der Waals surface area contributed by atoms with Gasteiger partial charge in [0.2, 0.25) is 5.91 Å². The van der Waals surface area contributed by atoms with Crippen LogP contribution in [0.5, 0.6) is 0 Å². The molecule has 0 aliphatic rings. The molecule has 0 saturated carbocycles. The van der Waals surface area contributed by atoms with Crippen molar-refractivity contribution in [3.63, 3.8) is 0 Å². The van der Waals surface area contributed by atoms with Crippen LogP contribution in [0.4, 0.5) is 8.78 Å². The number of aromatic nitrogens is 2. The van der Waals surface area contributed by atoms with Crippen LogP contribution in [0.15, 0.2) is 48.8 Å². The van der Waals surface area contributed by atoms with Gasteiger partial charge in [0.15, 0.2) is 0 Å². The lowest BCUT2D eigenvalue weighted by molar-refractivity contribution is -0.116. The van der Waals surface area contributed by atoms with Gasteiger partial charge >= 0.3 is 0 Å². The van der Waals surface area contributed by atoms with Gasteiger partial charge in [0.25, 0.3) is 0 Å². The second-order valence-electron chi connectivity index (χ2n) is 4.93. The average Bonchev–Trinajstić information content (AvgIpc) is 2.97. The van der Waals surface area contributed by atoms with E-state index in [1.807, 2.05) is 6.07 Å². The standard InChI is InChI=1S/C17H13F2N3O/c18-13-4-5-15(19)12(8-13)10-21-16(23)6-3-11-9-22-17-14(11)2-1-7-20-17/h1-9H,10H2,(H,20,22)(H,21,23)/b6-3+. The molecule has 0 unspecified atom stereocenters. The minimum absolute atomic E-state index is 0.0811. The summed E-state index contributed by atoms with van der Waals surface area (Å²) in [4.78, 5) is 19.0. The molecule has 23 heavy (non-hydrogen) atoms. The monoisotopic (exact) mass is 313 g/mol. The van der Waals surface area contributed by atoms with Crippen LogP contribution in [0.25, 0.3) is 17.1 Å². The van der Waals surface area contributed by atoms with Gasteiger partial charge in [-0.1, -0.05) is 0 Å². The first kappa shape index (κ1) is 14.9. The number of hydrogen-bond donors (Lipinski definition) is 2. The largest absolute Gasteiger partial charge is 0.348 e. The Kier molecular flexibility index (Phi) is 4.14. The molecule has 116 valence electrons. The second kappa shape index (κ2) is 6.39. The molecule has 0 aliphatic heterocycles. The van der Waals surface area contributed by atoms with E-state index in [9.17, 15) is 13.6 Å². The summed E-state index contributed by atoms with van der Waals surface area (Å²) in [6.07, 6.45) is 6.39. The van der Waals surface area contributed by atoms with Crippen molar-refractivity contribution in [1.29, 1.82) is 0 Å². The molecule has 2 heterocycles. The fourth-order valence-corrected chi connectivity index (χ4v) is 2.20. The Balaban J connectivity index is 1.66. The highest BCUT2D eigenvalue weighted by atomic mass is 19.1. The molecular formula is C17H13F2N3O. The lowest BCUT2D eigenvalue weighted by atomic mass is 10.2. The van der Waals surface area contributed by atoms with Crippen LogP contribution in [0.3, 0.4) is 0 Å².